The van der Waals surface area contributed by atoms with E-state index in [9.17, 15) is 8.78 Å². The largest absolute Gasteiger partial charge is 0.487 e. The number of carbonyl (C=O) groups excluding carboxylic acids is 1. The highest BCUT2D eigenvalue weighted by atomic mass is 19.1. The van der Waals surface area contributed by atoms with Gasteiger partial charge in [0, 0.05) is 38.2 Å². The first-order valence-corrected chi connectivity index (χ1v) is 12.2. The summed E-state index contributed by atoms with van der Waals surface area (Å²) >= 11 is 0. The lowest BCUT2D eigenvalue weighted by Gasteiger charge is -2.48. The van der Waals surface area contributed by atoms with Gasteiger partial charge in [0.15, 0.2) is 0 Å². The topological polar surface area (TPSA) is 64.8 Å². The average molecular weight is 473 g/mol. The molecule has 1 saturated heterocycles. The van der Waals surface area contributed by atoms with Crippen LogP contribution in [-0.4, -0.2) is 49.8 Å². The molecule has 0 atom stereocenters. The normalized spacial score (nSPS) is 19.4. The first-order chi connectivity index (χ1) is 16.5. The highest BCUT2D eigenvalue weighted by Gasteiger charge is 2.41. The van der Waals surface area contributed by atoms with Crippen LogP contribution in [0.4, 0.5) is 8.78 Å². The molecule has 2 aliphatic heterocycles. The minimum absolute atomic E-state index is 0.0457. The molecule has 2 heterocycles. The highest BCUT2D eigenvalue weighted by Crippen LogP contribution is 2.42. The number of aryl methyl sites for hydroxylation is 1. The van der Waals surface area contributed by atoms with Crippen LogP contribution in [0.5, 0.6) is 5.75 Å². The molecule has 1 spiro atoms. The second-order valence-electron chi connectivity index (χ2n) is 9.53. The molecule has 2 aromatic carbocycles. The maximum atomic E-state index is 14.5. The molecule has 34 heavy (non-hydrogen) atoms. The Morgan fingerprint density at radius 3 is 2.38 bits per heavy atom. The molecule has 1 aliphatic carbocycles. The third kappa shape index (κ3) is 5.26. The van der Waals surface area contributed by atoms with Crippen LogP contribution < -0.4 is 10.5 Å². The van der Waals surface area contributed by atoms with Gasteiger partial charge in [-0.15, -0.1) is 0 Å². The van der Waals surface area contributed by atoms with Gasteiger partial charge in [0.1, 0.15) is 23.0 Å². The third-order valence-corrected chi connectivity index (χ3v) is 7.57. The Morgan fingerprint density at radius 1 is 1.12 bits per heavy atom. The van der Waals surface area contributed by atoms with E-state index in [1.165, 1.54) is 38.5 Å². The van der Waals surface area contributed by atoms with Crippen molar-refractivity contribution in [3.05, 3.63) is 53.1 Å². The van der Waals surface area contributed by atoms with E-state index in [2.05, 4.69) is 10.6 Å². The number of nitrogens with zero attached hydrogens (tertiary/aromatic N) is 1. The molecule has 2 fully saturated rings. The van der Waals surface area contributed by atoms with Crippen molar-refractivity contribution < 1.29 is 23.0 Å². The van der Waals surface area contributed by atoms with Crippen LogP contribution in [0.2, 0.25) is 0 Å². The number of rotatable bonds is 5. The van der Waals surface area contributed by atoms with Crippen LogP contribution in [0.1, 0.15) is 49.7 Å². The Labute approximate surface area is 200 Å². The second kappa shape index (κ2) is 10.8. The standard InChI is InChI=1S/C26H31F2NO2.CH3NO/c1-30-14-8-22-23(27)16-20(17-24(22)28)18-5-6-25-19(15-18)7-9-26(31-25)10-12-29(13-11-26)21-3-2-4-21;2-1-3/h5-6,15-17,21H,2-4,7-14H2,1H3;1H,(H2,2,3). The van der Waals surface area contributed by atoms with Crippen molar-refractivity contribution in [2.75, 3.05) is 26.8 Å². The SMILES string of the molecule is COCCc1c(F)cc(-c2ccc3c(c2)CCC2(CCN(C4CCC4)CC2)O3)cc1F.NC=O. The first-order valence-electron chi connectivity index (χ1n) is 12.2. The Morgan fingerprint density at radius 2 is 1.79 bits per heavy atom. The van der Waals surface area contributed by atoms with E-state index >= 15 is 0 Å². The summed E-state index contributed by atoms with van der Waals surface area (Å²) in [6, 6.07) is 9.60. The number of nitrogens with two attached hydrogens (primary N) is 1. The molecule has 0 bridgehead atoms. The molecule has 0 unspecified atom stereocenters. The van der Waals surface area contributed by atoms with Gasteiger partial charge in [0.2, 0.25) is 6.41 Å². The number of amides is 1. The first kappa shape index (κ1) is 24.6. The van der Waals surface area contributed by atoms with Crippen LogP contribution in [0, 0.1) is 11.6 Å². The molecule has 5 nitrogen and oxygen atoms in total. The quantitative estimate of drug-likeness (QED) is 0.645. The van der Waals surface area contributed by atoms with Crippen LogP contribution in [0.3, 0.4) is 0 Å². The summed E-state index contributed by atoms with van der Waals surface area (Å²) in [7, 11) is 1.53. The van der Waals surface area contributed by atoms with Crippen molar-refractivity contribution in [2.45, 2.75) is 63.0 Å². The zero-order chi connectivity index (χ0) is 24.1. The van der Waals surface area contributed by atoms with Crippen molar-refractivity contribution in [2.24, 2.45) is 5.73 Å². The van der Waals surface area contributed by atoms with E-state index < -0.39 is 11.6 Å². The number of piperidine rings is 1. The summed E-state index contributed by atoms with van der Waals surface area (Å²) in [5.41, 5.74) is 6.73. The molecule has 7 heteroatoms. The van der Waals surface area contributed by atoms with Crippen molar-refractivity contribution in [3.8, 4) is 16.9 Å². The summed E-state index contributed by atoms with van der Waals surface area (Å²) in [6.45, 7) is 2.56. The molecule has 0 radical (unpaired) electrons. The van der Waals surface area contributed by atoms with Crippen molar-refractivity contribution >= 4 is 6.41 Å². The average Bonchev–Trinajstić information content (AvgIpc) is 2.79. The van der Waals surface area contributed by atoms with Crippen molar-refractivity contribution in [3.63, 3.8) is 0 Å². The van der Waals surface area contributed by atoms with Crippen molar-refractivity contribution in [1.29, 1.82) is 0 Å². The molecule has 1 amide bonds. The van der Waals surface area contributed by atoms with E-state index in [0.717, 1.165) is 61.7 Å². The molecular weight excluding hydrogens is 438 g/mol. The molecule has 5 rings (SSSR count). The monoisotopic (exact) mass is 472 g/mol. The molecular formula is C27H34F2N2O3. The van der Waals surface area contributed by atoms with E-state index in [1.807, 2.05) is 18.2 Å². The van der Waals surface area contributed by atoms with Gasteiger partial charge in [-0.3, -0.25) is 4.79 Å². The van der Waals surface area contributed by atoms with Gasteiger partial charge in [0.25, 0.3) is 0 Å². The maximum Gasteiger partial charge on any atom is 0.204 e. The number of fused-ring (bicyclic) bond motifs is 1. The lowest BCUT2D eigenvalue weighted by atomic mass is 9.81. The number of hydrogen-bond acceptors (Lipinski definition) is 4. The van der Waals surface area contributed by atoms with E-state index in [-0.39, 0.29) is 24.0 Å². The molecule has 0 aromatic heterocycles. The van der Waals surface area contributed by atoms with Crippen LogP contribution in [0.25, 0.3) is 11.1 Å². The fraction of sp³-hybridized carbons (Fsp3) is 0.519. The Bertz CT molecular complexity index is 978. The van der Waals surface area contributed by atoms with E-state index in [4.69, 9.17) is 14.3 Å². The lowest BCUT2D eigenvalue weighted by Crippen LogP contribution is -2.53. The smallest absolute Gasteiger partial charge is 0.204 e. The summed E-state index contributed by atoms with van der Waals surface area (Å²) in [5.74, 6) is -0.0962. The Balaban J connectivity index is 0.000000868. The summed E-state index contributed by atoms with van der Waals surface area (Å²) < 4.78 is 40.5. The number of ether oxygens (including phenoxy) is 2. The predicted octanol–water partition coefficient (Wildman–Crippen LogP) is 4.63. The molecule has 184 valence electrons. The molecule has 1 saturated carbocycles. The molecule has 2 N–H and O–H groups in total. The highest BCUT2D eigenvalue weighted by molar-refractivity contribution is 5.66. The maximum absolute atomic E-state index is 14.5. The predicted molar refractivity (Wildman–Crippen MR) is 128 cm³/mol. The van der Waals surface area contributed by atoms with Crippen LogP contribution in [0.15, 0.2) is 30.3 Å². The van der Waals surface area contributed by atoms with Gasteiger partial charge in [-0.1, -0.05) is 12.5 Å². The number of likely N-dealkylation sites (tertiary alicyclic amines) is 1. The number of methoxy groups -OCH3 is 1. The number of hydrogen-bond donors (Lipinski definition) is 1. The fourth-order valence-corrected chi connectivity index (χ4v) is 5.31. The molecule has 2 aromatic rings. The summed E-state index contributed by atoms with van der Waals surface area (Å²) in [4.78, 5) is 11.2. The minimum Gasteiger partial charge on any atom is -0.487 e. The summed E-state index contributed by atoms with van der Waals surface area (Å²) in [5, 5.41) is 0. The Kier molecular flexibility index (Phi) is 7.84. The fourth-order valence-electron chi connectivity index (χ4n) is 5.31. The van der Waals surface area contributed by atoms with E-state index in [0.29, 0.717) is 12.2 Å². The van der Waals surface area contributed by atoms with Crippen molar-refractivity contribution in [1.82, 2.24) is 4.90 Å². The van der Waals surface area contributed by atoms with Gasteiger partial charge in [0.05, 0.1) is 6.61 Å². The van der Waals surface area contributed by atoms with Crippen LogP contribution in [-0.2, 0) is 22.4 Å². The summed E-state index contributed by atoms with van der Waals surface area (Å²) in [6.07, 6.45) is 8.70. The zero-order valence-electron chi connectivity index (χ0n) is 19.8. The van der Waals surface area contributed by atoms with Crippen LogP contribution >= 0.6 is 0 Å². The second-order valence-corrected chi connectivity index (χ2v) is 9.53. The zero-order valence-corrected chi connectivity index (χ0v) is 19.8. The van der Waals surface area contributed by atoms with Gasteiger partial charge < -0.3 is 20.1 Å². The lowest BCUT2D eigenvalue weighted by molar-refractivity contribution is -0.106. The number of halogens is 2. The van der Waals surface area contributed by atoms with Gasteiger partial charge >= 0.3 is 0 Å². The number of carbonyl (C=O) groups is 1. The number of benzene rings is 2. The van der Waals surface area contributed by atoms with E-state index in [1.54, 1.807) is 0 Å². The minimum atomic E-state index is -0.516. The van der Waals surface area contributed by atoms with Gasteiger partial charge in [-0.05, 0) is 79.5 Å². The van der Waals surface area contributed by atoms with Gasteiger partial charge in [-0.25, -0.2) is 8.78 Å². The Hall–Kier alpha value is -2.51. The third-order valence-electron chi connectivity index (χ3n) is 7.57. The van der Waals surface area contributed by atoms with Gasteiger partial charge in [-0.2, -0.15) is 0 Å². The number of primary amides is 1. The molecule has 3 aliphatic rings.